The Labute approximate surface area is 246 Å². The summed E-state index contributed by atoms with van der Waals surface area (Å²) in [5.74, 6) is -1.08. The van der Waals surface area contributed by atoms with E-state index in [9.17, 15) is 22.4 Å². The number of sulfonamides is 1. The fraction of sp³-hybridized carbons (Fsp3) is 0.333. The predicted molar refractivity (Wildman–Crippen MR) is 158 cm³/mol. The van der Waals surface area contributed by atoms with E-state index in [0.717, 1.165) is 16.4 Å². The van der Waals surface area contributed by atoms with Gasteiger partial charge in [0.1, 0.15) is 24.2 Å². The van der Waals surface area contributed by atoms with Gasteiger partial charge in [0.15, 0.2) is 0 Å². The van der Waals surface area contributed by atoms with Crippen LogP contribution in [0.4, 0.5) is 10.1 Å². The zero-order chi connectivity index (χ0) is 30.2. The van der Waals surface area contributed by atoms with Crippen LogP contribution in [-0.2, 0) is 26.2 Å². The molecule has 3 aromatic rings. The molecule has 0 unspecified atom stereocenters. The molecule has 0 aromatic heterocycles. The molecule has 0 spiro atoms. The highest BCUT2D eigenvalue weighted by Crippen LogP contribution is 2.27. The van der Waals surface area contributed by atoms with Crippen LogP contribution in [0.5, 0.6) is 5.75 Å². The van der Waals surface area contributed by atoms with Crippen molar-refractivity contribution in [3.63, 3.8) is 0 Å². The Morgan fingerprint density at radius 2 is 1.61 bits per heavy atom. The second kappa shape index (κ2) is 14.3. The third kappa shape index (κ3) is 7.98. The normalized spacial score (nSPS) is 12.7. The lowest BCUT2D eigenvalue weighted by atomic mass is 10.1. The Balaban J connectivity index is 2.06. The monoisotopic (exact) mass is 603 g/mol. The van der Waals surface area contributed by atoms with Gasteiger partial charge in [-0.3, -0.25) is 13.9 Å². The van der Waals surface area contributed by atoms with Crippen LogP contribution in [-0.4, -0.2) is 50.9 Å². The smallest absolute Gasteiger partial charge is 0.264 e. The number of anilines is 1. The van der Waals surface area contributed by atoms with Crippen molar-refractivity contribution in [1.29, 1.82) is 0 Å². The van der Waals surface area contributed by atoms with Crippen molar-refractivity contribution < 1.29 is 27.1 Å². The first-order valence-corrected chi connectivity index (χ1v) is 15.1. The number of hydrogen-bond acceptors (Lipinski definition) is 5. The zero-order valence-corrected chi connectivity index (χ0v) is 25.1. The quantitative estimate of drug-likeness (QED) is 0.282. The maximum Gasteiger partial charge on any atom is 0.264 e. The van der Waals surface area contributed by atoms with Gasteiger partial charge in [0.05, 0.1) is 17.7 Å². The summed E-state index contributed by atoms with van der Waals surface area (Å²) in [5.41, 5.74) is 0.689. The molecule has 41 heavy (non-hydrogen) atoms. The van der Waals surface area contributed by atoms with Gasteiger partial charge in [0.2, 0.25) is 11.8 Å². The van der Waals surface area contributed by atoms with Gasteiger partial charge >= 0.3 is 0 Å². The highest BCUT2D eigenvalue weighted by molar-refractivity contribution is 7.92. The Morgan fingerprint density at radius 1 is 0.976 bits per heavy atom. The van der Waals surface area contributed by atoms with Crippen molar-refractivity contribution in [3.8, 4) is 5.75 Å². The van der Waals surface area contributed by atoms with Gasteiger partial charge in [-0.15, -0.1) is 0 Å². The summed E-state index contributed by atoms with van der Waals surface area (Å²) in [6, 6.07) is 16.4. The molecule has 0 saturated carbocycles. The summed E-state index contributed by atoms with van der Waals surface area (Å²) < 4.78 is 47.6. The largest absolute Gasteiger partial charge is 0.497 e. The third-order valence-corrected chi connectivity index (χ3v) is 8.88. The predicted octanol–water partition coefficient (Wildman–Crippen LogP) is 5.41. The number of methoxy groups -OCH3 is 1. The van der Waals surface area contributed by atoms with Gasteiger partial charge in [-0.25, -0.2) is 12.8 Å². The highest BCUT2D eigenvalue weighted by atomic mass is 35.5. The molecular formula is C30H35ClFN3O5S. The van der Waals surface area contributed by atoms with Crippen LogP contribution in [0.3, 0.4) is 0 Å². The SMILES string of the molecule is CC[C@@H](C)NC(=O)[C@@H](CC)N(Cc1ccccc1Cl)C(=O)CN(c1ccc(F)cc1)S(=O)(=O)c1ccc(OC)cc1. The zero-order valence-electron chi connectivity index (χ0n) is 23.5. The maximum absolute atomic E-state index is 14.1. The summed E-state index contributed by atoms with van der Waals surface area (Å²) in [7, 11) is -2.84. The number of carbonyl (C=O) groups excluding carboxylic acids is 2. The fourth-order valence-corrected chi connectivity index (χ4v) is 5.79. The van der Waals surface area contributed by atoms with E-state index in [0.29, 0.717) is 22.8 Å². The van der Waals surface area contributed by atoms with E-state index in [1.54, 1.807) is 31.2 Å². The van der Waals surface area contributed by atoms with Gasteiger partial charge in [-0.1, -0.05) is 43.6 Å². The Bertz CT molecular complexity index is 1440. The maximum atomic E-state index is 14.1. The average molecular weight is 604 g/mol. The van der Waals surface area contributed by atoms with Crippen LogP contribution in [0.15, 0.2) is 77.7 Å². The van der Waals surface area contributed by atoms with Crippen LogP contribution in [0, 0.1) is 5.82 Å². The number of benzene rings is 3. The fourth-order valence-electron chi connectivity index (χ4n) is 4.18. The summed E-state index contributed by atoms with van der Waals surface area (Å²) in [5, 5.41) is 3.33. The number of hydrogen-bond donors (Lipinski definition) is 1. The van der Waals surface area contributed by atoms with E-state index < -0.39 is 34.3 Å². The number of nitrogens with zero attached hydrogens (tertiary/aromatic N) is 2. The van der Waals surface area contributed by atoms with E-state index in [1.807, 2.05) is 13.8 Å². The lowest BCUT2D eigenvalue weighted by Gasteiger charge is -2.34. The second-order valence-electron chi connectivity index (χ2n) is 9.52. The molecule has 0 saturated heterocycles. The van der Waals surface area contributed by atoms with E-state index in [2.05, 4.69) is 5.32 Å². The number of rotatable bonds is 13. The van der Waals surface area contributed by atoms with Crippen LogP contribution >= 0.6 is 11.6 Å². The van der Waals surface area contributed by atoms with Gasteiger partial charge in [-0.2, -0.15) is 0 Å². The molecular weight excluding hydrogens is 569 g/mol. The van der Waals surface area contributed by atoms with Crippen LogP contribution in [0.2, 0.25) is 5.02 Å². The minimum absolute atomic E-state index is 0.0230. The van der Waals surface area contributed by atoms with Gasteiger partial charge < -0.3 is 15.0 Å². The van der Waals surface area contributed by atoms with Crippen LogP contribution in [0.25, 0.3) is 0 Å². The molecule has 1 N–H and O–H groups in total. The average Bonchev–Trinajstić information content (AvgIpc) is 2.97. The Morgan fingerprint density at radius 3 is 2.17 bits per heavy atom. The number of amides is 2. The van der Waals surface area contributed by atoms with Crippen molar-refractivity contribution >= 4 is 39.1 Å². The molecule has 0 fully saturated rings. The molecule has 0 aliphatic rings. The molecule has 11 heteroatoms. The topological polar surface area (TPSA) is 96.0 Å². The third-order valence-electron chi connectivity index (χ3n) is 6.73. The summed E-state index contributed by atoms with van der Waals surface area (Å²) in [4.78, 5) is 28.6. The first kappa shape index (κ1) is 31.9. The lowest BCUT2D eigenvalue weighted by molar-refractivity contribution is -0.140. The van der Waals surface area contributed by atoms with Crippen LogP contribution in [0.1, 0.15) is 39.2 Å². The molecule has 3 aromatic carbocycles. The van der Waals surface area contributed by atoms with E-state index in [1.165, 1.54) is 48.4 Å². The lowest BCUT2D eigenvalue weighted by Crippen LogP contribution is -2.53. The standard InChI is InChI=1S/C30H35ClFN3O5S/c1-5-21(3)33-30(37)28(6-2)34(19-22-9-7-8-10-27(22)31)29(36)20-35(24-13-11-23(32)12-14-24)41(38,39)26-17-15-25(40-4)16-18-26/h7-18,21,28H,5-6,19-20H2,1-4H3,(H,33,37)/t21-,28-/m1/s1. The minimum atomic E-state index is -4.30. The van der Waals surface area contributed by atoms with Gasteiger partial charge in [0, 0.05) is 17.6 Å². The molecule has 0 radical (unpaired) electrons. The molecule has 2 amide bonds. The number of nitrogens with one attached hydrogen (secondary N) is 1. The summed E-state index contributed by atoms with van der Waals surface area (Å²) in [6.45, 7) is 4.91. The van der Waals surface area contributed by atoms with Crippen molar-refractivity contribution in [3.05, 3.63) is 89.2 Å². The first-order valence-electron chi connectivity index (χ1n) is 13.3. The van der Waals surface area contributed by atoms with Gasteiger partial charge in [-0.05, 0) is 79.9 Å². The van der Waals surface area contributed by atoms with E-state index in [-0.39, 0.29) is 35.5 Å². The molecule has 220 valence electrons. The number of ether oxygens (including phenoxy) is 1. The van der Waals surface area contributed by atoms with Crippen molar-refractivity contribution in [2.75, 3.05) is 18.0 Å². The van der Waals surface area contributed by atoms with E-state index >= 15 is 0 Å². The number of carbonyl (C=O) groups is 2. The first-order chi connectivity index (χ1) is 19.5. The number of halogens is 2. The van der Waals surface area contributed by atoms with Gasteiger partial charge in [0.25, 0.3) is 10.0 Å². The molecule has 0 aliphatic carbocycles. The van der Waals surface area contributed by atoms with Crippen molar-refractivity contribution in [1.82, 2.24) is 10.2 Å². The highest BCUT2D eigenvalue weighted by Gasteiger charge is 2.34. The summed E-state index contributed by atoms with van der Waals surface area (Å²) >= 11 is 6.41. The summed E-state index contributed by atoms with van der Waals surface area (Å²) in [6.07, 6.45) is 0.972. The molecule has 2 atom stereocenters. The van der Waals surface area contributed by atoms with Crippen molar-refractivity contribution in [2.45, 2.75) is 57.1 Å². The van der Waals surface area contributed by atoms with Crippen molar-refractivity contribution in [2.24, 2.45) is 0 Å². The second-order valence-corrected chi connectivity index (χ2v) is 11.8. The Hall–Kier alpha value is -3.63. The molecule has 0 aliphatic heterocycles. The molecule has 0 bridgehead atoms. The molecule has 0 heterocycles. The minimum Gasteiger partial charge on any atom is -0.497 e. The van der Waals surface area contributed by atoms with E-state index in [4.69, 9.17) is 16.3 Å². The van der Waals surface area contributed by atoms with Crippen LogP contribution < -0.4 is 14.4 Å². The molecule has 8 nitrogen and oxygen atoms in total. The molecule has 3 rings (SSSR count). The Kier molecular flexibility index (Phi) is 11.1.